The number of methoxy groups -OCH3 is 3. The van der Waals surface area contributed by atoms with Crippen LogP contribution in [0, 0.1) is 11.6 Å². The molecule has 0 aliphatic rings. The van der Waals surface area contributed by atoms with Gasteiger partial charge in [0.15, 0.2) is 23.1 Å². The normalized spacial score (nSPS) is 10.6. The number of anilines is 1. The molecule has 0 aliphatic carbocycles. The van der Waals surface area contributed by atoms with Crippen LogP contribution in [0.3, 0.4) is 0 Å². The molecule has 0 aliphatic heterocycles. The Hall–Kier alpha value is -3.09. The molecule has 25 heavy (non-hydrogen) atoms. The van der Waals surface area contributed by atoms with Gasteiger partial charge in [0, 0.05) is 23.4 Å². The first-order valence-electron chi connectivity index (χ1n) is 7.23. The number of amides is 1. The zero-order valence-electron chi connectivity index (χ0n) is 13.9. The fourth-order valence-electron chi connectivity index (χ4n) is 2.18. The number of nitrogens with one attached hydrogen (secondary N) is 1. The van der Waals surface area contributed by atoms with E-state index in [2.05, 4.69) is 5.32 Å². The molecule has 1 N–H and O–H groups in total. The van der Waals surface area contributed by atoms with Gasteiger partial charge >= 0.3 is 0 Å². The molecule has 0 bridgehead atoms. The van der Waals surface area contributed by atoms with Crippen molar-refractivity contribution in [2.45, 2.75) is 0 Å². The van der Waals surface area contributed by atoms with Gasteiger partial charge in [-0.15, -0.1) is 0 Å². The van der Waals surface area contributed by atoms with Gasteiger partial charge in [-0.25, -0.2) is 8.78 Å². The lowest BCUT2D eigenvalue weighted by Gasteiger charge is -2.13. The lowest BCUT2D eigenvalue weighted by Crippen LogP contribution is -2.08. The average Bonchev–Trinajstić information content (AvgIpc) is 2.61. The third-order valence-electron chi connectivity index (χ3n) is 3.34. The third kappa shape index (κ3) is 4.26. The van der Waals surface area contributed by atoms with Crippen molar-refractivity contribution in [1.82, 2.24) is 0 Å². The first-order valence-corrected chi connectivity index (χ1v) is 7.23. The summed E-state index contributed by atoms with van der Waals surface area (Å²) in [7, 11) is 4.45. The Labute approximate surface area is 143 Å². The van der Waals surface area contributed by atoms with Crippen LogP contribution < -0.4 is 19.5 Å². The third-order valence-corrected chi connectivity index (χ3v) is 3.34. The molecule has 0 atom stereocenters. The largest absolute Gasteiger partial charge is 0.493 e. The van der Waals surface area contributed by atoms with E-state index in [1.807, 2.05) is 0 Å². The number of benzene rings is 2. The molecule has 0 fully saturated rings. The Morgan fingerprint density at radius 3 is 2.28 bits per heavy atom. The zero-order valence-corrected chi connectivity index (χ0v) is 13.9. The van der Waals surface area contributed by atoms with Crippen molar-refractivity contribution in [2.75, 3.05) is 26.6 Å². The average molecular weight is 349 g/mol. The van der Waals surface area contributed by atoms with Gasteiger partial charge < -0.3 is 19.5 Å². The molecule has 0 radical (unpaired) electrons. The number of hydrogen-bond donors (Lipinski definition) is 1. The van der Waals surface area contributed by atoms with Crippen molar-refractivity contribution in [3.63, 3.8) is 0 Å². The van der Waals surface area contributed by atoms with Crippen LogP contribution in [0.2, 0.25) is 0 Å². The molecule has 2 aromatic rings. The minimum atomic E-state index is -1.04. The minimum absolute atomic E-state index is 0.146. The Morgan fingerprint density at radius 2 is 1.68 bits per heavy atom. The van der Waals surface area contributed by atoms with E-state index in [1.54, 1.807) is 12.1 Å². The van der Waals surface area contributed by atoms with Gasteiger partial charge in [-0.05, 0) is 30.3 Å². The van der Waals surface area contributed by atoms with E-state index in [-0.39, 0.29) is 5.69 Å². The second-order valence-electron chi connectivity index (χ2n) is 4.88. The van der Waals surface area contributed by atoms with Gasteiger partial charge in [0.1, 0.15) is 0 Å². The second-order valence-corrected chi connectivity index (χ2v) is 4.88. The molecule has 0 saturated heterocycles. The van der Waals surface area contributed by atoms with Gasteiger partial charge in [-0.1, -0.05) is 0 Å². The maximum absolute atomic E-state index is 13.1. The van der Waals surface area contributed by atoms with Crippen molar-refractivity contribution in [1.29, 1.82) is 0 Å². The van der Waals surface area contributed by atoms with Crippen molar-refractivity contribution < 1.29 is 27.8 Å². The quantitative estimate of drug-likeness (QED) is 0.809. The van der Waals surface area contributed by atoms with Crippen LogP contribution in [0.15, 0.2) is 36.4 Å². The van der Waals surface area contributed by atoms with Crippen molar-refractivity contribution in [3.8, 4) is 17.2 Å². The highest BCUT2D eigenvalue weighted by Gasteiger charge is 2.14. The summed E-state index contributed by atoms with van der Waals surface area (Å²) >= 11 is 0. The fraction of sp³-hybridized carbons (Fsp3) is 0.167. The number of carbonyl (C=O) groups excluding carboxylic acids is 1. The van der Waals surface area contributed by atoms with Crippen LogP contribution >= 0.6 is 0 Å². The van der Waals surface area contributed by atoms with Crippen LogP contribution in [-0.4, -0.2) is 27.2 Å². The number of carbonyl (C=O) groups is 1. The molecule has 2 aromatic carbocycles. The van der Waals surface area contributed by atoms with Crippen LogP contribution in [0.5, 0.6) is 17.2 Å². The van der Waals surface area contributed by atoms with E-state index in [4.69, 9.17) is 14.2 Å². The highest BCUT2D eigenvalue weighted by molar-refractivity contribution is 6.02. The summed E-state index contributed by atoms with van der Waals surface area (Å²) in [6, 6.07) is 6.47. The molecule has 0 aromatic heterocycles. The summed E-state index contributed by atoms with van der Waals surface area (Å²) in [5, 5.41) is 2.44. The van der Waals surface area contributed by atoms with Gasteiger partial charge in [0.25, 0.3) is 0 Å². The van der Waals surface area contributed by atoms with Gasteiger partial charge in [-0.3, -0.25) is 4.79 Å². The van der Waals surface area contributed by atoms with Crippen molar-refractivity contribution in [3.05, 3.63) is 53.6 Å². The summed E-state index contributed by atoms with van der Waals surface area (Å²) in [4.78, 5) is 11.9. The zero-order chi connectivity index (χ0) is 18.4. The van der Waals surface area contributed by atoms with Gasteiger partial charge in [-0.2, -0.15) is 0 Å². The predicted molar refractivity (Wildman–Crippen MR) is 90.1 cm³/mol. The van der Waals surface area contributed by atoms with Gasteiger partial charge in [0.05, 0.1) is 21.3 Å². The molecule has 1 amide bonds. The lowest BCUT2D eigenvalue weighted by atomic mass is 10.1. The topological polar surface area (TPSA) is 56.8 Å². The van der Waals surface area contributed by atoms with E-state index in [0.29, 0.717) is 22.8 Å². The summed E-state index contributed by atoms with van der Waals surface area (Å²) in [5.74, 6) is -1.25. The molecular formula is C18H17F2NO4. The van der Waals surface area contributed by atoms with E-state index >= 15 is 0 Å². The van der Waals surface area contributed by atoms with Crippen LogP contribution in [0.1, 0.15) is 5.56 Å². The van der Waals surface area contributed by atoms with Crippen LogP contribution in [0.4, 0.5) is 14.5 Å². The van der Waals surface area contributed by atoms with Crippen LogP contribution in [-0.2, 0) is 4.79 Å². The first kappa shape index (κ1) is 18.3. The standard InChI is InChI=1S/C18H17F2NO4/c1-23-15-8-4-11(17(24-2)18(15)25-3)5-9-16(22)21-12-6-7-13(19)14(20)10-12/h4-10H,1-3H3,(H,21,22). The molecule has 0 saturated carbocycles. The van der Waals surface area contributed by atoms with Crippen LogP contribution in [0.25, 0.3) is 6.08 Å². The molecule has 0 spiro atoms. The molecule has 132 valence electrons. The fourth-order valence-corrected chi connectivity index (χ4v) is 2.18. The second kappa shape index (κ2) is 8.14. The SMILES string of the molecule is COc1ccc(C=CC(=O)Nc2ccc(F)c(F)c2)c(OC)c1OC. The summed E-state index contributed by atoms with van der Waals surface area (Å²) in [6.45, 7) is 0. The molecule has 0 heterocycles. The molecule has 5 nitrogen and oxygen atoms in total. The maximum atomic E-state index is 13.1. The smallest absolute Gasteiger partial charge is 0.248 e. The van der Waals surface area contributed by atoms with E-state index in [0.717, 1.165) is 12.1 Å². The first-order chi connectivity index (χ1) is 12.0. The number of ether oxygens (including phenoxy) is 3. The number of halogens is 2. The molecular weight excluding hydrogens is 332 g/mol. The summed E-state index contributed by atoms with van der Waals surface area (Å²) in [5.41, 5.74) is 0.730. The summed E-state index contributed by atoms with van der Waals surface area (Å²) < 4.78 is 41.8. The van der Waals surface area contributed by atoms with Crippen molar-refractivity contribution >= 4 is 17.7 Å². The van der Waals surface area contributed by atoms with E-state index in [1.165, 1.54) is 39.5 Å². The highest BCUT2D eigenvalue weighted by atomic mass is 19.2. The molecule has 2 rings (SSSR count). The Kier molecular flexibility index (Phi) is 5.94. The Morgan fingerprint density at radius 1 is 0.960 bits per heavy atom. The molecule has 0 unspecified atom stereocenters. The molecule has 7 heteroatoms. The Balaban J connectivity index is 2.20. The van der Waals surface area contributed by atoms with E-state index in [9.17, 15) is 13.6 Å². The Bertz CT molecular complexity index is 806. The minimum Gasteiger partial charge on any atom is -0.493 e. The number of rotatable bonds is 6. The van der Waals surface area contributed by atoms with Gasteiger partial charge in [0.2, 0.25) is 11.7 Å². The summed E-state index contributed by atoms with van der Waals surface area (Å²) in [6.07, 6.45) is 2.75. The predicted octanol–water partition coefficient (Wildman–Crippen LogP) is 3.64. The maximum Gasteiger partial charge on any atom is 0.248 e. The van der Waals surface area contributed by atoms with E-state index < -0.39 is 17.5 Å². The monoisotopic (exact) mass is 349 g/mol. The highest BCUT2D eigenvalue weighted by Crippen LogP contribution is 2.40. The number of hydrogen-bond acceptors (Lipinski definition) is 4. The lowest BCUT2D eigenvalue weighted by molar-refractivity contribution is -0.111. The van der Waals surface area contributed by atoms with Crippen molar-refractivity contribution in [2.24, 2.45) is 0 Å².